The highest BCUT2D eigenvalue weighted by atomic mass is 16.5. The molecule has 0 saturated carbocycles. The minimum absolute atomic E-state index is 0.155. The Bertz CT molecular complexity index is 606. The Morgan fingerprint density at radius 2 is 2.33 bits per heavy atom. The van der Waals surface area contributed by atoms with Gasteiger partial charge in [-0.1, -0.05) is 19.1 Å². The van der Waals surface area contributed by atoms with Gasteiger partial charge in [0, 0.05) is 12.6 Å². The molecular weight excluding hydrogens is 262 g/mol. The molecule has 0 fully saturated rings. The fourth-order valence-electron chi connectivity index (χ4n) is 3.05. The van der Waals surface area contributed by atoms with Crippen molar-refractivity contribution in [3.63, 3.8) is 0 Å². The van der Waals surface area contributed by atoms with Gasteiger partial charge in [-0.2, -0.15) is 0 Å². The number of hydrogen-bond donors (Lipinski definition) is 1. The van der Waals surface area contributed by atoms with Crippen LogP contribution in [0.3, 0.4) is 0 Å². The molecule has 1 aromatic carbocycles. The fraction of sp³-hybridized carbons (Fsp3) is 0.471. The molecule has 21 heavy (non-hydrogen) atoms. The Labute approximate surface area is 125 Å². The summed E-state index contributed by atoms with van der Waals surface area (Å²) < 4.78 is 8.22. The van der Waals surface area contributed by atoms with E-state index in [9.17, 15) is 0 Å². The van der Waals surface area contributed by atoms with Crippen molar-refractivity contribution in [3.05, 3.63) is 47.5 Å². The first-order valence-corrected chi connectivity index (χ1v) is 7.78. The van der Waals surface area contributed by atoms with Crippen LogP contribution in [-0.2, 0) is 19.6 Å². The van der Waals surface area contributed by atoms with Gasteiger partial charge in [-0.3, -0.25) is 0 Å². The molecule has 1 heterocycles. The van der Waals surface area contributed by atoms with Crippen LogP contribution in [0, 0.1) is 0 Å². The van der Waals surface area contributed by atoms with E-state index >= 15 is 0 Å². The molecule has 3 rings (SSSR count). The highest BCUT2D eigenvalue weighted by Crippen LogP contribution is 2.34. The number of fused-ring (bicyclic) bond motifs is 1. The Morgan fingerprint density at radius 1 is 1.43 bits per heavy atom. The lowest BCUT2D eigenvalue weighted by Gasteiger charge is -2.24. The van der Waals surface area contributed by atoms with Gasteiger partial charge in [-0.05, 0) is 42.9 Å². The first-order chi connectivity index (χ1) is 10.3. The van der Waals surface area contributed by atoms with Crippen molar-refractivity contribution in [2.45, 2.75) is 51.8 Å². The zero-order chi connectivity index (χ0) is 14.7. The van der Waals surface area contributed by atoms with Crippen LogP contribution in [0.4, 0.5) is 0 Å². The van der Waals surface area contributed by atoms with Gasteiger partial charge >= 0.3 is 0 Å². The summed E-state index contributed by atoms with van der Waals surface area (Å²) in [5, 5.41) is 0. The predicted octanol–water partition coefficient (Wildman–Crippen LogP) is 3.21. The SMILES string of the molecule is CCCn1cncc1COc1cccc2c1CCCC2N. The first-order valence-electron chi connectivity index (χ1n) is 7.78. The summed E-state index contributed by atoms with van der Waals surface area (Å²) in [7, 11) is 0. The highest BCUT2D eigenvalue weighted by Gasteiger charge is 2.20. The summed E-state index contributed by atoms with van der Waals surface area (Å²) in [6.45, 7) is 3.71. The maximum Gasteiger partial charge on any atom is 0.130 e. The van der Waals surface area contributed by atoms with E-state index in [1.165, 1.54) is 11.1 Å². The predicted molar refractivity (Wildman–Crippen MR) is 83.2 cm³/mol. The fourth-order valence-corrected chi connectivity index (χ4v) is 3.05. The second kappa shape index (κ2) is 6.31. The molecule has 2 aromatic rings. The zero-order valence-corrected chi connectivity index (χ0v) is 12.6. The maximum absolute atomic E-state index is 6.20. The van der Waals surface area contributed by atoms with E-state index in [1.54, 1.807) is 0 Å². The number of aryl methyl sites for hydroxylation is 1. The summed E-state index contributed by atoms with van der Waals surface area (Å²) in [6, 6.07) is 6.39. The summed E-state index contributed by atoms with van der Waals surface area (Å²) in [4.78, 5) is 4.22. The third-order valence-electron chi connectivity index (χ3n) is 4.15. The molecule has 1 unspecified atom stereocenters. The molecule has 4 heteroatoms. The van der Waals surface area contributed by atoms with Crippen molar-refractivity contribution in [1.82, 2.24) is 9.55 Å². The van der Waals surface area contributed by atoms with Crippen molar-refractivity contribution in [2.24, 2.45) is 5.73 Å². The van der Waals surface area contributed by atoms with Crippen LogP contribution in [0.25, 0.3) is 0 Å². The van der Waals surface area contributed by atoms with E-state index in [0.717, 1.165) is 43.7 Å². The van der Waals surface area contributed by atoms with Gasteiger partial charge in [-0.25, -0.2) is 4.98 Å². The van der Waals surface area contributed by atoms with Crippen LogP contribution in [0.2, 0.25) is 0 Å². The van der Waals surface area contributed by atoms with Crippen molar-refractivity contribution in [2.75, 3.05) is 0 Å². The molecule has 0 spiro atoms. The minimum atomic E-state index is 0.155. The lowest BCUT2D eigenvalue weighted by atomic mass is 9.87. The summed E-state index contributed by atoms with van der Waals surface area (Å²) in [6.07, 6.45) is 8.13. The van der Waals surface area contributed by atoms with E-state index in [1.807, 2.05) is 18.6 Å². The number of benzene rings is 1. The Balaban J connectivity index is 1.76. The average Bonchev–Trinajstić information content (AvgIpc) is 2.93. The van der Waals surface area contributed by atoms with Gasteiger partial charge in [-0.15, -0.1) is 0 Å². The molecule has 0 amide bonds. The second-order valence-electron chi connectivity index (χ2n) is 5.69. The van der Waals surface area contributed by atoms with Crippen molar-refractivity contribution < 1.29 is 4.74 Å². The Hall–Kier alpha value is -1.81. The molecule has 0 bridgehead atoms. The van der Waals surface area contributed by atoms with Crippen LogP contribution in [0.5, 0.6) is 5.75 Å². The first kappa shape index (κ1) is 14.1. The molecule has 0 radical (unpaired) electrons. The number of hydrogen-bond acceptors (Lipinski definition) is 3. The van der Waals surface area contributed by atoms with Crippen molar-refractivity contribution in [3.8, 4) is 5.75 Å². The number of nitrogens with zero attached hydrogens (tertiary/aromatic N) is 2. The topological polar surface area (TPSA) is 53.1 Å². The molecule has 2 N–H and O–H groups in total. The number of rotatable bonds is 5. The van der Waals surface area contributed by atoms with Gasteiger partial charge in [0.15, 0.2) is 0 Å². The van der Waals surface area contributed by atoms with E-state index in [4.69, 9.17) is 10.5 Å². The summed E-state index contributed by atoms with van der Waals surface area (Å²) in [5.74, 6) is 0.979. The number of imidazole rings is 1. The highest BCUT2D eigenvalue weighted by molar-refractivity contribution is 5.43. The van der Waals surface area contributed by atoms with E-state index in [-0.39, 0.29) is 6.04 Å². The van der Waals surface area contributed by atoms with Crippen LogP contribution in [0.15, 0.2) is 30.7 Å². The molecule has 1 aliphatic rings. The van der Waals surface area contributed by atoms with Crippen LogP contribution in [-0.4, -0.2) is 9.55 Å². The van der Waals surface area contributed by atoms with Gasteiger partial charge in [0.25, 0.3) is 0 Å². The van der Waals surface area contributed by atoms with E-state index < -0.39 is 0 Å². The zero-order valence-electron chi connectivity index (χ0n) is 12.6. The Kier molecular flexibility index (Phi) is 4.25. The number of nitrogens with two attached hydrogens (primary N) is 1. The molecular formula is C17H23N3O. The lowest BCUT2D eigenvalue weighted by molar-refractivity contribution is 0.289. The summed E-state index contributed by atoms with van der Waals surface area (Å²) >= 11 is 0. The van der Waals surface area contributed by atoms with Gasteiger partial charge in [0.2, 0.25) is 0 Å². The molecule has 4 nitrogen and oxygen atoms in total. The second-order valence-corrected chi connectivity index (χ2v) is 5.69. The van der Waals surface area contributed by atoms with Gasteiger partial charge in [0.05, 0.1) is 18.2 Å². The quantitative estimate of drug-likeness (QED) is 0.917. The van der Waals surface area contributed by atoms with E-state index in [0.29, 0.717) is 6.61 Å². The monoisotopic (exact) mass is 285 g/mol. The largest absolute Gasteiger partial charge is 0.487 e. The molecule has 1 atom stereocenters. The van der Waals surface area contributed by atoms with Crippen molar-refractivity contribution in [1.29, 1.82) is 0 Å². The van der Waals surface area contributed by atoms with Gasteiger partial charge in [0.1, 0.15) is 12.4 Å². The third kappa shape index (κ3) is 2.95. The minimum Gasteiger partial charge on any atom is -0.487 e. The smallest absolute Gasteiger partial charge is 0.130 e. The average molecular weight is 285 g/mol. The number of ether oxygens (including phenoxy) is 1. The Morgan fingerprint density at radius 3 is 3.19 bits per heavy atom. The maximum atomic E-state index is 6.20. The molecule has 0 aliphatic heterocycles. The summed E-state index contributed by atoms with van der Waals surface area (Å²) in [5.41, 5.74) is 9.86. The number of aromatic nitrogens is 2. The van der Waals surface area contributed by atoms with Crippen LogP contribution in [0.1, 0.15) is 49.0 Å². The lowest BCUT2D eigenvalue weighted by Crippen LogP contribution is -2.18. The molecule has 1 aliphatic carbocycles. The third-order valence-corrected chi connectivity index (χ3v) is 4.15. The molecule has 0 saturated heterocycles. The van der Waals surface area contributed by atoms with Crippen LogP contribution < -0.4 is 10.5 Å². The molecule has 1 aromatic heterocycles. The molecule has 112 valence electrons. The van der Waals surface area contributed by atoms with Gasteiger partial charge < -0.3 is 15.0 Å². The van der Waals surface area contributed by atoms with Crippen LogP contribution >= 0.6 is 0 Å². The normalized spacial score (nSPS) is 17.5. The van der Waals surface area contributed by atoms with Crippen molar-refractivity contribution >= 4 is 0 Å². The van der Waals surface area contributed by atoms with E-state index in [2.05, 4.69) is 28.6 Å². The standard InChI is InChI=1S/C17H23N3O/c1-2-9-20-12-19-10-13(20)11-21-17-8-4-5-14-15(17)6-3-7-16(14)18/h4-5,8,10,12,16H,2-3,6-7,9,11,18H2,1H3.